The number of carboxylic acids is 1. The molecular formula is C11H11N3O4S2. The number of nitrogens with two attached hydrogens (primary N) is 1. The summed E-state index contributed by atoms with van der Waals surface area (Å²) in [4.78, 5) is 14.5. The normalized spacial score (nSPS) is 11.2. The molecule has 1 aromatic carbocycles. The SMILES string of the molecule is Nc1ccc(-c2csc(NS(=O)(=O)CC(=O)O)n2)cc1. The third kappa shape index (κ3) is 3.68. The average Bonchev–Trinajstić information content (AvgIpc) is 2.75. The predicted octanol–water partition coefficient (Wildman–Crippen LogP) is 1.22. The van der Waals surface area contributed by atoms with Crippen LogP contribution in [0.2, 0.25) is 0 Å². The lowest BCUT2D eigenvalue weighted by Crippen LogP contribution is -2.22. The van der Waals surface area contributed by atoms with E-state index in [1.807, 2.05) is 0 Å². The van der Waals surface area contributed by atoms with Crippen LogP contribution in [0.15, 0.2) is 29.6 Å². The van der Waals surface area contributed by atoms with Crippen molar-refractivity contribution in [2.75, 3.05) is 16.2 Å². The maximum Gasteiger partial charge on any atom is 0.320 e. The van der Waals surface area contributed by atoms with Crippen LogP contribution in [0.3, 0.4) is 0 Å². The van der Waals surface area contributed by atoms with Crippen molar-refractivity contribution in [1.82, 2.24) is 4.98 Å². The maximum absolute atomic E-state index is 11.5. The van der Waals surface area contributed by atoms with Gasteiger partial charge in [0.25, 0.3) is 0 Å². The second-order valence-electron chi connectivity index (χ2n) is 3.91. The number of nitrogen functional groups attached to an aromatic ring is 1. The van der Waals surface area contributed by atoms with Crippen LogP contribution in [0.4, 0.5) is 10.8 Å². The molecule has 1 heterocycles. The predicted molar refractivity (Wildman–Crippen MR) is 77.0 cm³/mol. The van der Waals surface area contributed by atoms with Crippen molar-refractivity contribution < 1.29 is 18.3 Å². The quantitative estimate of drug-likeness (QED) is 0.713. The number of benzene rings is 1. The summed E-state index contributed by atoms with van der Waals surface area (Å²) in [6.45, 7) is 0. The smallest absolute Gasteiger partial charge is 0.320 e. The minimum absolute atomic E-state index is 0.123. The first-order valence-corrected chi connectivity index (χ1v) is 7.93. The van der Waals surface area contributed by atoms with Gasteiger partial charge in [0.2, 0.25) is 10.0 Å². The summed E-state index contributed by atoms with van der Waals surface area (Å²) >= 11 is 1.08. The number of aromatic nitrogens is 1. The molecule has 0 atom stereocenters. The van der Waals surface area contributed by atoms with E-state index < -0.39 is 21.7 Å². The molecule has 1 aromatic heterocycles. The van der Waals surface area contributed by atoms with Gasteiger partial charge in [-0.05, 0) is 12.1 Å². The van der Waals surface area contributed by atoms with Gasteiger partial charge in [0.1, 0.15) is 0 Å². The molecular weight excluding hydrogens is 302 g/mol. The van der Waals surface area contributed by atoms with Crippen LogP contribution >= 0.6 is 11.3 Å². The van der Waals surface area contributed by atoms with Crippen molar-refractivity contribution in [3.8, 4) is 11.3 Å². The molecule has 0 bridgehead atoms. The van der Waals surface area contributed by atoms with Gasteiger partial charge < -0.3 is 10.8 Å². The van der Waals surface area contributed by atoms with Gasteiger partial charge in [0.05, 0.1) is 5.69 Å². The lowest BCUT2D eigenvalue weighted by Gasteiger charge is -2.01. The van der Waals surface area contributed by atoms with Crippen molar-refractivity contribution in [1.29, 1.82) is 0 Å². The molecule has 0 radical (unpaired) electrons. The fourth-order valence-electron chi connectivity index (χ4n) is 1.44. The Labute approximate surface area is 119 Å². The molecule has 0 amide bonds. The van der Waals surface area contributed by atoms with E-state index in [9.17, 15) is 13.2 Å². The van der Waals surface area contributed by atoms with E-state index in [1.165, 1.54) is 0 Å². The second kappa shape index (κ2) is 5.47. The summed E-state index contributed by atoms with van der Waals surface area (Å²) in [7, 11) is -3.93. The Morgan fingerprint density at radius 1 is 1.35 bits per heavy atom. The topological polar surface area (TPSA) is 122 Å². The van der Waals surface area contributed by atoms with E-state index in [-0.39, 0.29) is 5.13 Å². The van der Waals surface area contributed by atoms with Gasteiger partial charge >= 0.3 is 5.97 Å². The molecule has 0 unspecified atom stereocenters. The fourth-order valence-corrected chi connectivity index (χ4v) is 3.28. The number of hydrogen-bond donors (Lipinski definition) is 3. The number of carbonyl (C=O) groups is 1. The van der Waals surface area contributed by atoms with Crippen molar-refractivity contribution in [2.45, 2.75) is 0 Å². The summed E-state index contributed by atoms with van der Waals surface area (Å²) < 4.78 is 25.0. The lowest BCUT2D eigenvalue weighted by atomic mass is 10.2. The molecule has 7 nitrogen and oxygen atoms in total. The highest BCUT2D eigenvalue weighted by atomic mass is 32.2. The molecule has 0 aliphatic carbocycles. The molecule has 2 rings (SSSR count). The monoisotopic (exact) mass is 313 g/mol. The van der Waals surface area contributed by atoms with Crippen LogP contribution < -0.4 is 10.5 Å². The van der Waals surface area contributed by atoms with Crippen LogP contribution in [-0.2, 0) is 14.8 Å². The van der Waals surface area contributed by atoms with E-state index in [1.54, 1.807) is 29.6 Å². The molecule has 0 saturated heterocycles. The van der Waals surface area contributed by atoms with Crippen molar-refractivity contribution >= 4 is 38.1 Å². The Balaban J connectivity index is 2.17. The zero-order chi connectivity index (χ0) is 14.8. The standard InChI is InChI=1S/C11H11N3O4S2/c12-8-3-1-7(2-4-8)9-5-19-11(13-9)14-20(17,18)6-10(15)16/h1-5H,6,12H2,(H,13,14)(H,15,16). The number of rotatable bonds is 5. The van der Waals surface area contributed by atoms with Gasteiger partial charge in [-0.2, -0.15) is 0 Å². The number of carboxylic acid groups (broad SMARTS) is 1. The molecule has 0 saturated carbocycles. The molecule has 9 heteroatoms. The van der Waals surface area contributed by atoms with Gasteiger partial charge in [-0.3, -0.25) is 9.52 Å². The minimum Gasteiger partial charge on any atom is -0.480 e. The van der Waals surface area contributed by atoms with Crippen LogP contribution in [0.5, 0.6) is 0 Å². The maximum atomic E-state index is 11.5. The van der Waals surface area contributed by atoms with Gasteiger partial charge in [0.15, 0.2) is 10.9 Å². The summed E-state index contributed by atoms with van der Waals surface area (Å²) in [5, 5.41) is 10.3. The molecule has 20 heavy (non-hydrogen) atoms. The summed E-state index contributed by atoms with van der Waals surface area (Å²) in [5.74, 6) is -2.42. The molecule has 0 aliphatic heterocycles. The van der Waals surface area contributed by atoms with E-state index in [0.717, 1.165) is 16.9 Å². The second-order valence-corrected chi connectivity index (χ2v) is 6.50. The van der Waals surface area contributed by atoms with Crippen LogP contribution in [0.1, 0.15) is 0 Å². The van der Waals surface area contributed by atoms with Crippen molar-refractivity contribution in [2.24, 2.45) is 0 Å². The third-order valence-corrected chi connectivity index (χ3v) is 4.29. The van der Waals surface area contributed by atoms with Gasteiger partial charge in [-0.1, -0.05) is 12.1 Å². The first-order chi connectivity index (χ1) is 9.35. The van der Waals surface area contributed by atoms with E-state index >= 15 is 0 Å². The highest BCUT2D eigenvalue weighted by Gasteiger charge is 2.17. The first-order valence-electron chi connectivity index (χ1n) is 5.39. The summed E-state index contributed by atoms with van der Waals surface area (Å²) in [6, 6.07) is 6.95. The fraction of sp³-hybridized carbons (Fsp3) is 0.0909. The van der Waals surface area contributed by atoms with E-state index in [2.05, 4.69) is 9.71 Å². The molecule has 0 fully saturated rings. The van der Waals surface area contributed by atoms with Crippen molar-refractivity contribution in [3.63, 3.8) is 0 Å². The third-order valence-electron chi connectivity index (χ3n) is 2.27. The number of anilines is 2. The van der Waals surface area contributed by atoms with Gasteiger partial charge in [-0.25, -0.2) is 13.4 Å². The van der Waals surface area contributed by atoms with E-state index in [4.69, 9.17) is 10.8 Å². The van der Waals surface area contributed by atoms with Crippen LogP contribution in [-0.4, -0.2) is 30.2 Å². The zero-order valence-electron chi connectivity index (χ0n) is 10.1. The Hall–Kier alpha value is -2.13. The Kier molecular flexibility index (Phi) is 3.91. The molecule has 4 N–H and O–H groups in total. The lowest BCUT2D eigenvalue weighted by molar-refractivity contribution is -0.134. The summed E-state index contributed by atoms with van der Waals surface area (Å²) in [5.41, 5.74) is 7.57. The van der Waals surface area contributed by atoms with Crippen molar-refractivity contribution in [3.05, 3.63) is 29.6 Å². The van der Waals surface area contributed by atoms with E-state index in [0.29, 0.717) is 11.4 Å². The van der Waals surface area contributed by atoms with Crippen LogP contribution in [0, 0.1) is 0 Å². The molecule has 106 valence electrons. The Morgan fingerprint density at radius 3 is 2.60 bits per heavy atom. The first kappa shape index (κ1) is 14.3. The number of sulfonamides is 1. The van der Waals surface area contributed by atoms with Gasteiger partial charge in [-0.15, -0.1) is 11.3 Å². The number of nitrogens with one attached hydrogen (secondary N) is 1. The summed E-state index contributed by atoms with van der Waals surface area (Å²) in [6.07, 6.45) is 0. The number of hydrogen-bond acceptors (Lipinski definition) is 6. The highest BCUT2D eigenvalue weighted by Crippen LogP contribution is 2.26. The average molecular weight is 313 g/mol. The molecule has 0 spiro atoms. The highest BCUT2D eigenvalue weighted by molar-refractivity contribution is 7.93. The number of thiazole rings is 1. The number of nitrogens with zero attached hydrogens (tertiary/aromatic N) is 1. The minimum atomic E-state index is -3.93. The van der Waals surface area contributed by atoms with Gasteiger partial charge in [0, 0.05) is 16.6 Å². The number of aliphatic carboxylic acids is 1. The van der Waals surface area contributed by atoms with Crippen LogP contribution in [0.25, 0.3) is 11.3 Å². The molecule has 2 aromatic rings. The zero-order valence-corrected chi connectivity index (χ0v) is 11.7. The molecule has 0 aliphatic rings. The Bertz CT molecular complexity index is 722. The Morgan fingerprint density at radius 2 is 2.00 bits per heavy atom. The largest absolute Gasteiger partial charge is 0.480 e.